The molecule has 0 aliphatic rings. The molecule has 2 atom stereocenters. The summed E-state index contributed by atoms with van der Waals surface area (Å²) in [6.45, 7) is 7.14. The minimum Gasteiger partial charge on any atom is -0.478 e. The van der Waals surface area contributed by atoms with Crippen molar-refractivity contribution in [2.45, 2.75) is 46.0 Å². The van der Waals surface area contributed by atoms with Crippen LogP contribution in [0.1, 0.15) is 45.1 Å². The summed E-state index contributed by atoms with van der Waals surface area (Å²) < 4.78 is 0. The second-order valence-corrected chi connectivity index (χ2v) is 8.15. The normalized spacial score (nSPS) is 14.8. The van der Waals surface area contributed by atoms with Gasteiger partial charge in [-0.1, -0.05) is 81.8 Å². The van der Waals surface area contributed by atoms with E-state index >= 15 is 0 Å². The number of carboxylic acid groups (broad SMARTS) is 4. The first kappa shape index (κ1) is 29.1. The van der Waals surface area contributed by atoms with Gasteiger partial charge in [0.15, 0.2) is 0 Å². The molecule has 1 rings (SSSR count). The average molecular weight is 485 g/mol. The molecule has 188 valence electrons. The van der Waals surface area contributed by atoms with Crippen molar-refractivity contribution in [2.24, 2.45) is 11.3 Å². The van der Waals surface area contributed by atoms with Crippen LogP contribution in [-0.4, -0.2) is 44.3 Å². The van der Waals surface area contributed by atoms with Gasteiger partial charge in [0.25, 0.3) is 0 Å². The molecule has 0 heterocycles. The van der Waals surface area contributed by atoms with Crippen molar-refractivity contribution >= 4 is 23.9 Å². The van der Waals surface area contributed by atoms with Gasteiger partial charge in [-0.05, 0) is 24.8 Å². The molecule has 0 aliphatic carbocycles. The first-order chi connectivity index (χ1) is 16.5. The van der Waals surface area contributed by atoms with Crippen LogP contribution in [0.25, 0.3) is 0 Å². The maximum atomic E-state index is 12.4. The van der Waals surface area contributed by atoms with Crippen molar-refractivity contribution in [3.8, 4) is 0 Å². The highest BCUT2D eigenvalue weighted by molar-refractivity contribution is 5.93. The number of carboxylic acids is 4. The molecule has 0 saturated heterocycles. The minimum absolute atomic E-state index is 0.0785. The Morgan fingerprint density at radius 3 is 2.03 bits per heavy atom. The first-order valence-corrected chi connectivity index (χ1v) is 11.3. The van der Waals surface area contributed by atoms with Crippen molar-refractivity contribution in [3.63, 3.8) is 0 Å². The Kier molecular flexibility index (Phi) is 11.4. The summed E-state index contributed by atoms with van der Waals surface area (Å²) in [5, 5.41) is 38.7. The highest BCUT2D eigenvalue weighted by atomic mass is 16.4. The van der Waals surface area contributed by atoms with E-state index in [1.54, 1.807) is 37.3 Å². The Morgan fingerprint density at radius 1 is 0.943 bits per heavy atom. The third-order valence-electron chi connectivity index (χ3n) is 5.68. The molecule has 35 heavy (non-hydrogen) atoms. The van der Waals surface area contributed by atoms with E-state index in [4.69, 9.17) is 5.11 Å². The standard InChI is InChI=1S/C27H32O8/c1-4-6-14-27(18(3)24(30)31,16-20(5-2)25(32)33)17-22(26(34)35)21(12-13-23(28)29)15-19-10-8-7-9-11-19/h7-13,16-17,21H,3-6,14-15H2,1-2H3,(H,28,29)(H,30,31)(H,32,33)(H,34,35). The molecule has 1 aromatic rings. The summed E-state index contributed by atoms with van der Waals surface area (Å²) in [6.07, 6.45) is 6.03. The highest BCUT2D eigenvalue weighted by Gasteiger charge is 2.36. The monoisotopic (exact) mass is 484 g/mol. The summed E-state index contributed by atoms with van der Waals surface area (Å²) in [6, 6.07) is 8.84. The van der Waals surface area contributed by atoms with Gasteiger partial charge in [-0.25, -0.2) is 19.2 Å². The van der Waals surface area contributed by atoms with E-state index in [-0.39, 0.29) is 36.0 Å². The Balaban J connectivity index is 3.93. The number of aliphatic carboxylic acids is 4. The Bertz CT molecular complexity index is 1030. The lowest BCUT2D eigenvalue weighted by Crippen LogP contribution is -2.28. The molecule has 8 nitrogen and oxygen atoms in total. The maximum absolute atomic E-state index is 12.4. The summed E-state index contributed by atoms with van der Waals surface area (Å²) >= 11 is 0. The molecular weight excluding hydrogens is 452 g/mol. The summed E-state index contributed by atoms with van der Waals surface area (Å²) in [5.74, 6) is -6.21. The molecular formula is C27H32O8. The second kappa shape index (κ2) is 13.7. The number of hydrogen-bond acceptors (Lipinski definition) is 4. The van der Waals surface area contributed by atoms with Crippen LogP contribution in [0.15, 0.2) is 77.9 Å². The number of benzene rings is 1. The van der Waals surface area contributed by atoms with Gasteiger partial charge in [-0.3, -0.25) is 0 Å². The number of unbranched alkanes of at least 4 members (excludes halogenated alkanes) is 1. The van der Waals surface area contributed by atoms with E-state index < -0.39 is 35.2 Å². The van der Waals surface area contributed by atoms with E-state index in [0.29, 0.717) is 12.8 Å². The van der Waals surface area contributed by atoms with Gasteiger partial charge < -0.3 is 20.4 Å². The fourth-order valence-corrected chi connectivity index (χ4v) is 3.76. The van der Waals surface area contributed by atoms with Crippen LogP contribution in [0.5, 0.6) is 0 Å². The second-order valence-electron chi connectivity index (χ2n) is 8.15. The molecule has 0 aromatic heterocycles. The Morgan fingerprint density at radius 2 is 1.57 bits per heavy atom. The van der Waals surface area contributed by atoms with Crippen molar-refractivity contribution in [3.05, 3.63) is 83.5 Å². The van der Waals surface area contributed by atoms with E-state index in [2.05, 4.69) is 6.58 Å². The Labute approximate surface area is 204 Å². The van der Waals surface area contributed by atoms with Gasteiger partial charge in [-0.2, -0.15) is 0 Å². The van der Waals surface area contributed by atoms with E-state index in [0.717, 1.165) is 11.6 Å². The third-order valence-corrected chi connectivity index (χ3v) is 5.68. The molecule has 0 aliphatic heterocycles. The lowest BCUT2D eigenvalue weighted by molar-refractivity contribution is -0.135. The predicted molar refractivity (Wildman–Crippen MR) is 131 cm³/mol. The molecule has 8 heteroatoms. The first-order valence-electron chi connectivity index (χ1n) is 11.3. The van der Waals surface area contributed by atoms with Crippen LogP contribution >= 0.6 is 0 Å². The molecule has 0 radical (unpaired) electrons. The van der Waals surface area contributed by atoms with E-state index in [1.165, 1.54) is 18.2 Å². The number of carbonyl (C=O) groups is 4. The summed E-state index contributed by atoms with van der Waals surface area (Å²) in [5.41, 5.74) is -1.55. The van der Waals surface area contributed by atoms with Gasteiger partial charge in [-0.15, -0.1) is 0 Å². The molecule has 0 bridgehead atoms. The van der Waals surface area contributed by atoms with Gasteiger partial charge in [0.2, 0.25) is 0 Å². The fourth-order valence-electron chi connectivity index (χ4n) is 3.76. The van der Waals surface area contributed by atoms with E-state index in [1.807, 2.05) is 6.92 Å². The highest BCUT2D eigenvalue weighted by Crippen LogP contribution is 2.40. The third kappa shape index (κ3) is 8.73. The lowest BCUT2D eigenvalue weighted by atomic mass is 9.72. The molecule has 0 amide bonds. The van der Waals surface area contributed by atoms with Crippen LogP contribution < -0.4 is 0 Å². The maximum Gasteiger partial charge on any atom is 0.332 e. The van der Waals surface area contributed by atoms with E-state index in [9.17, 15) is 34.5 Å². The van der Waals surface area contributed by atoms with Crippen molar-refractivity contribution < 1.29 is 39.6 Å². The van der Waals surface area contributed by atoms with Crippen LogP contribution in [0.2, 0.25) is 0 Å². The molecule has 0 fully saturated rings. The zero-order chi connectivity index (χ0) is 26.6. The summed E-state index contributed by atoms with van der Waals surface area (Å²) in [7, 11) is 0. The zero-order valence-corrected chi connectivity index (χ0v) is 19.9. The largest absolute Gasteiger partial charge is 0.478 e. The lowest BCUT2D eigenvalue weighted by Gasteiger charge is -2.30. The van der Waals surface area contributed by atoms with Crippen LogP contribution in [0, 0.1) is 11.3 Å². The molecule has 2 unspecified atom stereocenters. The van der Waals surface area contributed by atoms with Gasteiger partial charge in [0.05, 0.1) is 0 Å². The SMILES string of the molecule is C=C(C(=O)O)C(C=C(CC)C(=O)O)(C=C(C(=O)O)C(C=CC(=O)O)Cc1ccccc1)CCCC. The minimum atomic E-state index is -1.61. The molecule has 1 aromatic carbocycles. The summed E-state index contributed by atoms with van der Waals surface area (Å²) in [4.78, 5) is 47.5. The number of hydrogen-bond donors (Lipinski definition) is 4. The van der Waals surface area contributed by atoms with Crippen molar-refractivity contribution in [2.75, 3.05) is 0 Å². The topological polar surface area (TPSA) is 149 Å². The fraction of sp³-hybridized carbons (Fsp3) is 0.333. The molecule has 0 saturated carbocycles. The van der Waals surface area contributed by atoms with Crippen LogP contribution in [0.4, 0.5) is 0 Å². The van der Waals surface area contributed by atoms with Gasteiger partial charge >= 0.3 is 23.9 Å². The van der Waals surface area contributed by atoms with Crippen LogP contribution in [0.3, 0.4) is 0 Å². The smallest absolute Gasteiger partial charge is 0.332 e. The number of allylic oxidation sites excluding steroid dienone is 3. The number of rotatable bonds is 15. The average Bonchev–Trinajstić information content (AvgIpc) is 2.81. The van der Waals surface area contributed by atoms with Gasteiger partial charge in [0.1, 0.15) is 0 Å². The van der Waals surface area contributed by atoms with Crippen LogP contribution in [-0.2, 0) is 25.6 Å². The van der Waals surface area contributed by atoms with Gasteiger partial charge in [0, 0.05) is 34.1 Å². The zero-order valence-electron chi connectivity index (χ0n) is 19.9. The quantitative estimate of drug-likeness (QED) is 0.261. The predicted octanol–water partition coefficient (Wildman–Crippen LogP) is 4.74. The molecule has 4 N–H and O–H groups in total. The molecule has 0 spiro atoms. The van der Waals surface area contributed by atoms with Crippen molar-refractivity contribution in [1.29, 1.82) is 0 Å². The Hall–Kier alpha value is -3.94. The van der Waals surface area contributed by atoms with Crippen molar-refractivity contribution in [1.82, 2.24) is 0 Å².